The summed E-state index contributed by atoms with van der Waals surface area (Å²) in [5.74, 6) is -0.304. The summed E-state index contributed by atoms with van der Waals surface area (Å²) < 4.78 is 10.1. The van der Waals surface area contributed by atoms with Gasteiger partial charge in [-0.2, -0.15) is 0 Å². The molecule has 0 spiro atoms. The number of nitro groups is 1. The average Bonchev–Trinajstić information content (AvgIpc) is 2.53. The third kappa shape index (κ3) is 2.69. The van der Waals surface area contributed by atoms with Crippen molar-refractivity contribution in [1.82, 2.24) is 0 Å². The molecule has 0 radical (unpaired) electrons. The van der Waals surface area contributed by atoms with Gasteiger partial charge in [0, 0.05) is 5.56 Å². The van der Waals surface area contributed by atoms with Crippen LogP contribution < -0.4 is 9.47 Å². The van der Waals surface area contributed by atoms with Gasteiger partial charge in [-0.05, 0) is 12.1 Å². The molecule has 0 aliphatic heterocycles. The van der Waals surface area contributed by atoms with Crippen LogP contribution in [0.4, 0.5) is 5.69 Å². The average molecular weight is 287 g/mol. The largest absolute Gasteiger partial charge is 0.493 e. The summed E-state index contributed by atoms with van der Waals surface area (Å²) in [6, 6.07) is 11.2. The van der Waals surface area contributed by atoms with E-state index in [9.17, 15) is 14.9 Å². The Morgan fingerprint density at radius 2 is 1.71 bits per heavy atom. The van der Waals surface area contributed by atoms with Crippen LogP contribution in [0.1, 0.15) is 15.9 Å². The van der Waals surface area contributed by atoms with Gasteiger partial charge in [-0.15, -0.1) is 0 Å². The van der Waals surface area contributed by atoms with E-state index in [0.717, 1.165) is 0 Å². The Morgan fingerprint density at radius 1 is 1.05 bits per heavy atom. The predicted octanol–water partition coefficient (Wildman–Crippen LogP) is 2.84. The van der Waals surface area contributed by atoms with Crippen LogP contribution in [0.2, 0.25) is 0 Å². The smallest absolute Gasteiger partial charge is 0.325 e. The number of carbonyl (C=O) groups excluding carboxylic acids is 1. The van der Waals surface area contributed by atoms with Crippen molar-refractivity contribution >= 4 is 11.5 Å². The van der Waals surface area contributed by atoms with E-state index in [1.165, 1.54) is 26.4 Å². The molecule has 0 amide bonds. The Hall–Kier alpha value is -2.89. The van der Waals surface area contributed by atoms with Gasteiger partial charge >= 0.3 is 5.69 Å². The number of carbonyl (C=O) groups is 1. The maximum atomic E-state index is 12.4. The highest BCUT2D eigenvalue weighted by molar-refractivity contribution is 6.12. The number of nitro benzene ring substituents is 1. The molecule has 6 heteroatoms. The van der Waals surface area contributed by atoms with Crippen molar-refractivity contribution in [3.63, 3.8) is 0 Å². The summed E-state index contributed by atoms with van der Waals surface area (Å²) in [5, 5.41) is 11.3. The molecule has 2 aromatic rings. The van der Waals surface area contributed by atoms with Crippen molar-refractivity contribution in [3.05, 3.63) is 63.7 Å². The molecule has 2 aromatic carbocycles. The lowest BCUT2D eigenvalue weighted by atomic mass is 10.0. The van der Waals surface area contributed by atoms with Crippen molar-refractivity contribution in [2.45, 2.75) is 0 Å². The molecule has 0 bridgehead atoms. The molecular weight excluding hydrogens is 274 g/mol. The van der Waals surface area contributed by atoms with Gasteiger partial charge in [0.25, 0.3) is 0 Å². The van der Waals surface area contributed by atoms with Crippen LogP contribution in [-0.2, 0) is 0 Å². The van der Waals surface area contributed by atoms with Gasteiger partial charge < -0.3 is 9.47 Å². The highest BCUT2D eigenvalue weighted by Crippen LogP contribution is 2.40. The summed E-state index contributed by atoms with van der Waals surface area (Å²) in [7, 11) is 2.67. The standard InChI is InChI=1S/C15H13NO5/c1-20-12-9-8-11(13(16(18)19)15(12)21-2)14(17)10-6-4-3-5-7-10/h3-9H,1-2H3. The van der Waals surface area contributed by atoms with E-state index >= 15 is 0 Å². The van der Waals surface area contributed by atoms with Crippen LogP contribution in [0, 0.1) is 10.1 Å². The first-order valence-corrected chi connectivity index (χ1v) is 6.09. The molecule has 0 fully saturated rings. The molecular formula is C15H13NO5. The quantitative estimate of drug-likeness (QED) is 0.480. The minimum Gasteiger partial charge on any atom is -0.493 e. The molecule has 0 atom stereocenters. The van der Waals surface area contributed by atoms with E-state index < -0.39 is 16.4 Å². The Morgan fingerprint density at radius 3 is 2.24 bits per heavy atom. The van der Waals surface area contributed by atoms with E-state index in [1.807, 2.05) is 0 Å². The van der Waals surface area contributed by atoms with E-state index in [1.54, 1.807) is 30.3 Å². The van der Waals surface area contributed by atoms with E-state index in [4.69, 9.17) is 9.47 Å². The van der Waals surface area contributed by atoms with Gasteiger partial charge in [0.2, 0.25) is 5.75 Å². The van der Waals surface area contributed by atoms with Crippen molar-refractivity contribution < 1.29 is 19.2 Å². The normalized spacial score (nSPS) is 10.0. The number of benzene rings is 2. The van der Waals surface area contributed by atoms with Crippen LogP contribution in [0.5, 0.6) is 11.5 Å². The second-order valence-corrected chi connectivity index (χ2v) is 4.15. The summed E-state index contributed by atoms with van der Waals surface area (Å²) in [6.07, 6.45) is 0. The maximum Gasteiger partial charge on any atom is 0.325 e. The zero-order valence-electron chi connectivity index (χ0n) is 11.5. The fourth-order valence-corrected chi connectivity index (χ4v) is 2.02. The van der Waals surface area contributed by atoms with E-state index in [2.05, 4.69) is 0 Å². The molecule has 21 heavy (non-hydrogen) atoms. The summed E-state index contributed by atoms with van der Waals surface area (Å²) in [6.45, 7) is 0. The third-order valence-corrected chi connectivity index (χ3v) is 2.98. The van der Waals surface area contributed by atoms with Crippen LogP contribution >= 0.6 is 0 Å². The zero-order valence-corrected chi connectivity index (χ0v) is 11.5. The van der Waals surface area contributed by atoms with Crippen molar-refractivity contribution in [2.24, 2.45) is 0 Å². The van der Waals surface area contributed by atoms with Crippen molar-refractivity contribution in [3.8, 4) is 11.5 Å². The minimum absolute atomic E-state index is 0.0381. The molecule has 0 aliphatic carbocycles. The Balaban J connectivity index is 2.64. The van der Waals surface area contributed by atoms with Gasteiger partial charge in [-0.1, -0.05) is 30.3 Å². The monoisotopic (exact) mass is 287 g/mol. The molecule has 0 unspecified atom stereocenters. The van der Waals surface area contributed by atoms with Crippen LogP contribution in [0.15, 0.2) is 42.5 Å². The van der Waals surface area contributed by atoms with Crippen molar-refractivity contribution in [2.75, 3.05) is 14.2 Å². The molecule has 0 heterocycles. The maximum absolute atomic E-state index is 12.4. The minimum atomic E-state index is -0.641. The second-order valence-electron chi connectivity index (χ2n) is 4.15. The van der Waals surface area contributed by atoms with Crippen LogP contribution in [0.3, 0.4) is 0 Å². The van der Waals surface area contributed by atoms with Gasteiger partial charge in [0.15, 0.2) is 11.5 Å². The highest BCUT2D eigenvalue weighted by Gasteiger charge is 2.29. The third-order valence-electron chi connectivity index (χ3n) is 2.98. The number of hydrogen-bond acceptors (Lipinski definition) is 5. The topological polar surface area (TPSA) is 78.7 Å². The number of hydrogen-bond donors (Lipinski definition) is 0. The van der Waals surface area contributed by atoms with Crippen LogP contribution in [-0.4, -0.2) is 24.9 Å². The lowest BCUT2D eigenvalue weighted by Crippen LogP contribution is -2.07. The second kappa shape index (κ2) is 6.04. The van der Waals surface area contributed by atoms with Gasteiger partial charge in [-0.3, -0.25) is 14.9 Å². The molecule has 2 rings (SSSR count). The summed E-state index contributed by atoms with van der Waals surface area (Å²) in [5.41, 5.74) is -0.0672. The Kier molecular flexibility index (Phi) is 4.18. The molecule has 6 nitrogen and oxygen atoms in total. The number of nitrogens with zero attached hydrogens (tertiary/aromatic N) is 1. The van der Waals surface area contributed by atoms with Gasteiger partial charge in [0.1, 0.15) is 5.56 Å². The number of rotatable bonds is 5. The van der Waals surface area contributed by atoms with Gasteiger partial charge in [-0.25, -0.2) is 0 Å². The molecule has 108 valence electrons. The predicted molar refractivity (Wildman–Crippen MR) is 76.1 cm³/mol. The molecule has 0 N–H and O–H groups in total. The first-order valence-electron chi connectivity index (χ1n) is 6.09. The lowest BCUT2D eigenvalue weighted by molar-refractivity contribution is -0.386. The first-order chi connectivity index (χ1) is 10.1. The first kappa shape index (κ1) is 14.5. The fourth-order valence-electron chi connectivity index (χ4n) is 2.02. The summed E-state index contributed by atoms with van der Waals surface area (Å²) in [4.78, 5) is 23.1. The van der Waals surface area contributed by atoms with E-state index in [0.29, 0.717) is 5.56 Å². The number of ether oxygens (including phenoxy) is 2. The van der Waals surface area contributed by atoms with Gasteiger partial charge in [0.05, 0.1) is 19.1 Å². The van der Waals surface area contributed by atoms with Crippen molar-refractivity contribution in [1.29, 1.82) is 0 Å². The molecule has 0 saturated heterocycles. The fraction of sp³-hybridized carbons (Fsp3) is 0.133. The molecule has 0 aromatic heterocycles. The Bertz CT molecular complexity index is 682. The zero-order chi connectivity index (χ0) is 15.4. The lowest BCUT2D eigenvalue weighted by Gasteiger charge is -2.10. The number of methoxy groups -OCH3 is 2. The van der Waals surface area contributed by atoms with E-state index in [-0.39, 0.29) is 17.1 Å². The van der Waals surface area contributed by atoms with Crippen LogP contribution in [0.25, 0.3) is 0 Å². The Labute approximate surface area is 121 Å². The molecule has 0 aliphatic rings. The highest BCUT2D eigenvalue weighted by atomic mass is 16.6. The SMILES string of the molecule is COc1ccc(C(=O)c2ccccc2)c([N+](=O)[O-])c1OC. The number of ketones is 1. The summed E-state index contributed by atoms with van der Waals surface area (Å²) >= 11 is 0. The molecule has 0 saturated carbocycles.